The first-order chi connectivity index (χ1) is 16.7. The summed E-state index contributed by atoms with van der Waals surface area (Å²) in [5.41, 5.74) is 1.88. The summed E-state index contributed by atoms with van der Waals surface area (Å²) in [6, 6.07) is 19.5. The number of hydrogen-bond donors (Lipinski definition) is 2. The summed E-state index contributed by atoms with van der Waals surface area (Å²) < 4.78 is 11.5. The molecule has 0 saturated heterocycles. The summed E-state index contributed by atoms with van der Waals surface area (Å²) in [6.07, 6.45) is 7.54. The monoisotopic (exact) mass is 470 g/mol. The number of carbonyl (C=O) groups is 1. The van der Waals surface area contributed by atoms with Crippen molar-refractivity contribution in [3.63, 3.8) is 0 Å². The molecular formula is C29H42O5. The fourth-order valence-corrected chi connectivity index (χ4v) is 3.99. The zero-order chi connectivity index (χ0) is 24.4. The lowest BCUT2D eigenvalue weighted by Crippen LogP contribution is -2.32. The molecule has 2 rings (SSSR count). The summed E-state index contributed by atoms with van der Waals surface area (Å²) in [7, 11) is 0. The van der Waals surface area contributed by atoms with E-state index in [2.05, 4.69) is 6.92 Å². The number of benzene rings is 2. The molecule has 0 amide bonds. The Balaban J connectivity index is 1.68. The Bertz CT molecular complexity index is 725. The topological polar surface area (TPSA) is 76.0 Å². The molecule has 2 atom stereocenters. The second kappa shape index (κ2) is 17.3. The molecule has 2 aromatic rings. The van der Waals surface area contributed by atoms with E-state index >= 15 is 0 Å². The molecule has 0 spiro atoms. The second-order valence-electron chi connectivity index (χ2n) is 8.86. The van der Waals surface area contributed by atoms with Crippen molar-refractivity contribution in [3.05, 3.63) is 71.8 Å². The predicted octanol–water partition coefficient (Wildman–Crippen LogP) is 5.98. The van der Waals surface area contributed by atoms with Gasteiger partial charge in [0, 0.05) is 13.0 Å². The van der Waals surface area contributed by atoms with Gasteiger partial charge in [-0.2, -0.15) is 0 Å². The van der Waals surface area contributed by atoms with E-state index in [1.54, 1.807) is 0 Å². The van der Waals surface area contributed by atoms with Gasteiger partial charge in [0.15, 0.2) is 6.10 Å². The number of ether oxygens (including phenoxy) is 2. The van der Waals surface area contributed by atoms with Crippen LogP contribution < -0.4 is 0 Å². The molecule has 0 unspecified atom stereocenters. The maximum Gasteiger partial charge on any atom is 0.306 e. The van der Waals surface area contributed by atoms with Crippen molar-refractivity contribution in [2.45, 2.75) is 89.4 Å². The molecule has 0 saturated carbocycles. The third-order valence-corrected chi connectivity index (χ3v) is 6.02. The minimum absolute atomic E-state index is 0.200. The Kier molecular flexibility index (Phi) is 14.2. The van der Waals surface area contributed by atoms with Gasteiger partial charge in [0.05, 0.1) is 12.7 Å². The zero-order valence-corrected chi connectivity index (χ0v) is 20.6. The van der Waals surface area contributed by atoms with Crippen LogP contribution in [0.2, 0.25) is 0 Å². The van der Waals surface area contributed by atoms with Crippen molar-refractivity contribution in [1.82, 2.24) is 0 Å². The van der Waals surface area contributed by atoms with E-state index in [1.165, 1.54) is 25.7 Å². The largest absolute Gasteiger partial charge is 0.453 e. The fraction of sp³-hybridized carbons (Fsp3) is 0.552. The maximum atomic E-state index is 12.5. The molecule has 0 aromatic heterocycles. The molecule has 2 aromatic carbocycles. The van der Waals surface area contributed by atoms with Crippen LogP contribution in [0.15, 0.2) is 60.7 Å². The molecule has 0 bridgehead atoms. The first-order valence-corrected chi connectivity index (χ1v) is 12.9. The van der Waals surface area contributed by atoms with Gasteiger partial charge >= 0.3 is 5.97 Å². The van der Waals surface area contributed by atoms with Crippen LogP contribution in [0.25, 0.3) is 0 Å². The fourth-order valence-electron chi connectivity index (χ4n) is 3.99. The van der Waals surface area contributed by atoms with Crippen molar-refractivity contribution in [3.8, 4) is 0 Å². The van der Waals surface area contributed by atoms with Crippen LogP contribution in [0.4, 0.5) is 0 Å². The van der Waals surface area contributed by atoms with Gasteiger partial charge in [-0.25, -0.2) is 0 Å². The Morgan fingerprint density at radius 1 is 0.824 bits per heavy atom. The summed E-state index contributed by atoms with van der Waals surface area (Å²) in [4.78, 5) is 12.5. The SMILES string of the molecule is CCCCCCCC[C@H](O)[C@H](CO)OCCCCC(=O)OC(c1ccccc1)c1ccccc1. The smallest absolute Gasteiger partial charge is 0.306 e. The number of aliphatic hydroxyl groups excluding tert-OH is 2. The van der Waals surface area contributed by atoms with Crippen LogP contribution in [-0.4, -0.2) is 41.6 Å². The first kappa shape index (κ1) is 28.0. The quantitative estimate of drug-likeness (QED) is 0.207. The maximum absolute atomic E-state index is 12.5. The Labute approximate surface area is 205 Å². The normalized spacial score (nSPS) is 13.1. The summed E-state index contributed by atoms with van der Waals surface area (Å²) in [5, 5.41) is 19.9. The highest BCUT2D eigenvalue weighted by Crippen LogP contribution is 2.26. The molecule has 188 valence electrons. The second-order valence-corrected chi connectivity index (χ2v) is 8.86. The lowest BCUT2D eigenvalue weighted by molar-refractivity contribution is -0.147. The van der Waals surface area contributed by atoms with Gasteiger partial charge in [-0.15, -0.1) is 0 Å². The summed E-state index contributed by atoms with van der Waals surface area (Å²) >= 11 is 0. The zero-order valence-electron chi connectivity index (χ0n) is 20.6. The van der Waals surface area contributed by atoms with Crippen LogP contribution in [0.1, 0.15) is 88.4 Å². The molecule has 0 aliphatic rings. The molecule has 2 N–H and O–H groups in total. The van der Waals surface area contributed by atoms with Gasteiger partial charge in [-0.3, -0.25) is 4.79 Å². The summed E-state index contributed by atoms with van der Waals surface area (Å²) in [6.45, 7) is 2.39. The average Bonchev–Trinajstić information content (AvgIpc) is 2.87. The number of unbranched alkanes of at least 4 members (excludes halogenated alkanes) is 6. The average molecular weight is 471 g/mol. The van der Waals surface area contributed by atoms with Gasteiger partial charge in [0.2, 0.25) is 0 Å². The van der Waals surface area contributed by atoms with Crippen LogP contribution in [0.5, 0.6) is 0 Å². The van der Waals surface area contributed by atoms with Crippen molar-refractivity contribution in [2.24, 2.45) is 0 Å². The van der Waals surface area contributed by atoms with Gasteiger partial charge in [0.1, 0.15) is 6.10 Å². The third kappa shape index (κ3) is 10.8. The number of carbonyl (C=O) groups excluding carboxylic acids is 1. The predicted molar refractivity (Wildman–Crippen MR) is 135 cm³/mol. The Morgan fingerprint density at radius 2 is 1.41 bits per heavy atom. The van der Waals surface area contributed by atoms with Crippen LogP contribution in [-0.2, 0) is 14.3 Å². The lowest BCUT2D eigenvalue weighted by atomic mass is 10.0. The highest BCUT2D eigenvalue weighted by molar-refractivity contribution is 5.70. The standard InChI is InChI=1S/C29H42O5/c1-2-3-4-5-6-13-20-26(31)27(23-30)33-22-15-14-21-28(32)34-29(24-16-9-7-10-17-24)25-18-11-8-12-19-25/h7-12,16-19,26-27,29-31H,2-6,13-15,20-23H2,1H3/t26-,27-/m0/s1. The van der Waals surface area contributed by atoms with E-state index in [0.29, 0.717) is 32.3 Å². The molecule has 0 fully saturated rings. The van der Waals surface area contributed by atoms with Crippen molar-refractivity contribution in [1.29, 1.82) is 0 Å². The Morgan fingerprint density at radius 3 is 2.00 bits per heavy atom. The van der Waals surface area contributed by atoms with Gasteiger partial charge in [-0.05, 0) is 30.4 Å². The Hall–Kier alpha value is -2.21. The molecule has 5 heteroatoms. The van der Waals surface area contributed by atoms with Crippen LogP contribution in [0, 0.1) is 0 Å². The minimum Gasteiger partial charge on any atom is -0.453 e. The molecular weight excluding hydrogens is 428 g/mol. The molecule has 0 aliphatic carbocycles. The van der Waals surface area contributed by atoms with E-state index in [9.17, 15) is 15.0 Å². The molecule has 0 radical (unpaired) electrons. The highest BCUT2D eigenvalue weighted by atomic mass is 16.5. The first-order valence-electron chi connectivity index (χ1n) is 12.9. The van der Waals surface area contributed by atoms with Crippen LogP contribution >= 0.6 is 0 Å². The summed E-state index contributed by atoms with van der Waals surface area (Å²) in [5.74, 6) is -0.250. The molecule has 5 nitrogen and oxygen atoms in total. The number of aliphatic hydroxyl groups is 2. The number of hydrogen-bond acceptors (Lipinski definition) is 5. The third-order valence-electron chi connectivity index (χ3n) is 6.02. The molecule has 0 aliphatic heterocycles. The van der Waals surface area contributed by atoms with Gasteiger partial charge < -0.3 is 19.7 Å². The lowest BCUT2D eigenvalue weighted by Gasteiger charge is -2.21. The molecule has 34 heavy (non-hydrogen) atoms. The minimum atomic E-state index is -0.654. The molecule has 0 heterocycles. The van der Waals surface area contributed by atoms with Crippen molar-refractivity contribution >= 4 is 5.97 Å². The number of esters is 1. The van der Waals surface area contributed by atoms with Crippen molar-refractivity contribution < 1.29 is 24.5 Å². The van der Waals surface area contributed by atoms with E-state index in [0.717, 1.165) is 24.0 Å². The van der Waals surface area contributed by atoms with E-state index in [1.807, 2.05) is 60.7 Å². The van der Waals surface area contributed by atoms with Crippen molar-refractivity contribution in [2.75, 3.05) is 13.2 Å². The van der Waals surface area contributed by atoms with E-state index in [-0.39, 0.29) is 12.6 Å². The van der Waals surface area contributed by atoms with Gasteiger partial charge in [0.25, 0.3) is 0 Å². The highest BCUT2D eigenvalue weighted by Gasteiger charge is 2.20. The van der Waals surface area contributed by atoms with E-state index < -0.39 is 18.3 Å². The van der Waals surface area contributed by atoms with E-state index in [4.69, 9.17) is 9.47 Å². The number of rotatable bonds is 18. The van der Waals surface area contributed by atoms with Gasteiger partial charge in [-0.1, -0.05) is 106 Å². The van der Waals surface area contributed by atoms with Crippen LogP contribution in [0.3, 0.4) is 0 Å².